The predicted molar refractivity (Wildman–Crippen MR) is 88.8 cm³/mol. The van der Waals surface area contributed by atoms with Crippen LogP contribution in [0.15, 0.2) is 59.2 Å². The van der Waals surface area contributed by atoms with Gasteiger partial charge in [0.1, 0.15) is 0 Å². The monoisotopic (exact) mass is 360 g/mol. The Balaban J connectivity index is 1.97. The number of rotatable bonds is 2. The van der Waals surface area contributed by atoms with E-state index in [0.717, 1.165) is 15.4 Å². The number of benzene rings is 2. The number of halogens is 2. The Bertz CT molecular complexity index is 818. The molecule has 3 nitrogen and oxygen atoms in total. The topological polar surface area (TPSA) is 42.0 Å². The van der Waals surface area contributed by atoms with Gasteiger partial charge in [-0.1, -0.05) is 33.6 Å². The van der Waals surface area contributed by atoms with Gasteiger partial charge in [-0.15, -0.1) is 0 Å². The third-order valence-corrected chi connectivity index (χ3v) is 4.01. The van der Waals surface area contributed by atoms with Crippen molar-refractivity contribution < 1.29 is 4.79 Å². The zero-order valence-corrected chi connectivity index (χ0v) is 13.1. The quantitative estimate of drug-likeness (QED) is 0.705. The van der Waals surface area contributed by atoms with Crippen molar-refractivity contribution in [2.75, 3.05) is 5.32 Å². The first kappa shape index (κ1) is 14.0. The zero-order valence-electron chi connectivity index (χ0n) is 10.8. The molecule has 0 saturated carbocycles. The van der Waals surface area contributed by atoms with Gasteiger partial charge < -0.3 is 5.32 Å². The summed E-state index contributed by atoms with van der Waals surface area (Å²) < 4.78 is 0.940. The molecule has 1 heterocycles. The fourth-order valence-electron chi connectivity index (χ4n) is 2.03. The molecular formula is C16H10BrClN2O. The van der Waals surface area contributed by atoms with E-state index in [1.165, 1.54) is 0 Å². The molecule has 0 unspecified atom stereocenters. The Kier molecular flexibility index (Phi) is 3.90. The van der Waals surface area contributed by atoms with Crippen LogP contribution in [0.3, 0.4) is 0 Å². The molecular weight excluding hydrogens is 352 g/mol. The molecule has 0 saturated heterocycles. The third kappa shape index (κ3) is 2.91. The maximum absolute atomic E-state index is 12.3. The summed E-state index contributed by atoms with van der Waals surface area (Å²) >= 11 is 9.31. The first-order valence-electron chi connectivity index (χ1n) is 6.25. The van der Waals surface area contributed by atoms with Crippen LogP contribution in [0.2, 0.25) is 5.02 Å². The van der Waals surface area contributed by atoms with Gasteiger partial charge in [0.2, 0.25) is 0 Å². The van der Waals surface area contributed by atoms with E-state index < -0.39 is 0 Å². The Morgan fingerprint density at radius 2 is 1.86 bits per heavy atom. The maximum Gasteiger partial charge on any atom is 0.255 e. The molecule has 0 aliphatic carbocycles. The number of carbonyl (C=O) groups excluding carboxylic acids is 1. The predicted octanol–water partition coefficient (Wildman–Crippen LogP) is 4.90. The zero-order chi connectivity index (χ0) is 14.8. The molecule has 5 heteroatoms. The van der Waals surface area contributed by atoms with E-state index in [1.807, 2.05) is 24.3 Å². The Morgan fingerprint density at radius 3 is 2.62 bits per heavy atom. The highest BCUT2D eigenvalue weighted by Crippen LogP contribution is 2.28. The molecule has 21 heavy (non-hydrogen) atoms. The van der Waals surface area contributed by atoms with Crippen molar-refractivity contribution in [1.29, 1.82) is 0 Å². The lowest BCUT2D eigenvalue weighted by atomic mass is 10.1. The van der Waals surface area contributed by atoms with Gasteiger partial charge in [0.05, 0.1) is 11.2 Å². The van der Waals surface area contributed by atoms with E-state index in [9.17, 15) is 4.79 Å². The van der Waals surface area contributed by atoms with E-state index in [2.05, 4.69) is 26.2 Å². The summed E-state index contributed by atoms with van der Waals surface area (Å²) in [6, 6.07) is 14.3. The molecule has 3 rings (SSSR count). The van der Waals surface area contributed by atoms with Crippen LogP contribution in [0.5, 0.6) is 0 Å². The van der Waals surface area contributed by atoms with E-state index in [0.29, 0.717) is 16.3 Å². The van der Waals surface area contributed by atoms with Crippen LogP contribution < -0.4 is 5.32 Å². The van der Waals surface area contributed by atoms with Crippen LogP contribution in [-0.4, -0.2) is 10.9 Å². The van der Waals surface area contributed by atoms with Crippen LogP contribution in [0.4, 0.5) is 5.69 Å². The maximum atomic E-state index is 12.3. The molecule has 2 aromatic carbocycles. The van der Waals surface area contributed by atoms with E-state index >= 15 is 0 Å². The number of nitrogens with zero attached hydrogens (tertiary/aromatic N) is 1. The van der Waals surface area contributed by atoms with Crippen LogP contribution in [0, 0.1) is 0 Å². The molecule has 1 N–H and O–H groups in total. The van der Waals surface area contributed by atoms with Crippen LogP contribution >= 0.6 is 27.5 Å². The normalized spacial score (nSPS) is 10.6. The Hall–Kier alpha value is -1.91. The summed E-state index contributed by atoms with van der Waals surface area (Å²) in [5.74, 6) is -0.194. The van der Waals surface area contributed by atoms with Crippen LogP contribution in [0.1, 0.15) is 10.4 Å². The minimum Gasteiger partial charge on any atom is -0.320 e. The van der Waals surface area contributed by atoms with Crippen molar-refractivity contribution in [3.63, 3.8) is 0 Å². The molecule has 0 bridgehead atoms. The lowest BCUT2D eigenvalue weighted by Crippen LogP contribution is -2.12. The first-order chi connectivity index (χ1) is 10.1. The standard InChI is InChI=1S/C16H10BrClN2O/c17-13-7-8-14(15-12(13)2-1-9-19-15)20-16(21)10-3-5-11(18)6-4-10/h1-9H,(H,20,21). The van der Waals surface area contributed by atoms with Gasteiger partial charge in [-0.2, -0.15) is 0 Å². The second kappa shape index (κ2) is 5.84. The van der Waals surface area contributed by atoms with Crippen molar-refractivity contribution in [1.82, 2.24) is 4.98 Å². The number of aromatic nitrogens is 1. The molecule has 0 radical (unpaired) electrons. The molecule has 3 aromatic rings. The molecule has 0 aliphatic rings. The first-order valence-corrected chi connectivity index (χ1v) is 7.42. The number of hydrogen-bond donors (Lipinski definition) is 1. The van der Waals surface area contributed by atoms with Gasteiger partial charge in [0, 0.05) is 26.6 Å². The average Bonchev–Trinajstić information content (AvgIpc) is 2.51. The molecule has 1 aromatic heterocycles. The van der Waals surface area contributed by atoms with Gasteiger partial charge in [-0.05, 0) is 42.5 Å². The molecule has 0 fully saturated rings. The lowest BCUT2D eigenvalue weighted by molar-refractivity contribution is 0.102. The van der Waals surface area contributed by atoms with Gasteiger partial charge >= 0.3 is 0 Å². The third-order valence-electron chi connectivity index (χ3n) is 3.07. The van der Waals surface area contributed by atoms with Crippen molar-refractivity contribution in [3.05, 3.63) is 69.8 Å². The smallest absolute Gasteiger partial charge is 0.255 e. The number of carbonyl (C=O) groups is 1. The number of anilines is 1. The number of hydrogen-bond acceptors (Lipinski definition) is 2. The molecule has 104 valence electrons. The van der Waals surface area contributed by atoms with Crippen molar-refractivity contribution in [3.8, 4) is 0 Å². The minimum absolute atomic E-state index is 0.194. The van der Waals surface area contributed by atoms with Gasteiger partial charge in [-0.3, -0.25) is 9.78 Å². The lowest BCUT2D eigenvalue weighted by Gasteiger charge is -2.09. The number of amides is 1. The summed E-state index contributed by atoms with van der Waals surface area (Å²) in [7, 11) is 0. The summed E-state index contributed by atoms with van der Waals surface area (Å²) in [5.41, 5.74) is 1.97. The molecule has 1 amide bonds. The summed E-state index contributed by atoms with van der Waals surface area (Å²) in [6.45, 7) is 0. The van der Waals surface area contributed by atoms with Crippen molar-refractivity contribution in [2.24, 2.45) is 0 Å². The summed E-state index contributed by atoms with van der Waals surface area (Å²) in [5, 5.41) is 4.43. The van der Waals surface area contributed by atoms with E-state index in [4.69, 9.17) is 11.6 Å². The van der Waals surface area contributed by atoms with E-state index in [1.54, 1.807) is 30.5 Å². The van der Waals surface area contributed by atoms with Crippen LogP contribution in [0.25, 0.3) is 10.9 Å². The second-order valence-corrected chi connectivity index (χ2v) is 5.75. The summed E-state index contributed by atoms with van der Waals surface area (Å²) in [6.07, 6.45) is 1.70. The Labute approximate surface area is 135 Å². The number of nitrogens with one attached hydrogen (secondary N) is 1. The molecule has 0 aliphatic heterocycles. The largest absolute Gasteiger partial charge is 0.320 e. The SMILES string of the molecule is O=C(Nc1ccc(Br)c2cccnc12)c1ccc(Cl)cc1. The number of pyridine rings is 1. The summed E-state index contributed by atoms with van der Waals surface area (Å²) in [4.78, 5) is 16.6. The Morgan fingerprint density at radius 1 is 1.10 bits per heavy atom. The number of fused-ring (bicyclic) bond motifs is 1. The molecule has 0 atom stereocenters. The second-order valence-electron chi connectivity index (χ2n) is 4.46. The fraction of sp³-hybridized carbons (Fsp3) is 0. The van der Waals surface area contributed by atoms with Gasteiger partial charge in [0.15, 0.2) is 0 Å². The highest BCUT2D eigenvalue weighted by Gasteiger charge is 2.10. The fourth-order valence-corrected chi connectivity index (χ4v) is 2.61. The van der Waals surface area contributed by atoms with Gasteiger partial charge in [-0.25, -0.2) is 0 Å². The van der Waals surface area contributed by atoms with Crippen molar-refractivity contribution in [2.45, 2.75) is 0 Å². The van der Waals surface area contributed by atoms with Crippen molar-refractivity contribution >= 4 is 50.0 Å². The van der Waals surface area contributed by atoms with Crippen LogP contribution in [-0.2, 0) is 0 Å². The van der Waals surface area contributed by atoms with Gasteiger partial charge in [0.25, 0.3) is 5.91 Å². The highest BCUT2D eigenvalue weighted by atomic mass is 79.9. The minimum atomic E-state index is -0.194. The molecule has 0 spiro atoms. The highest BCUT2D eigenvalue weighted by molar-refractivity contribution is 9.10. The average molecular weight is 362 g/mol. The van der Waals surface area contributed by atoms with E-state index in [-0.39, 0.29) is 5.91 Å².